The van der Waals surface area contributed by atoms with Gasteiger partial charge in [-0.2, -0.15) is 5.26 Å². The van der Waals surface area contributed by atoms with Gasteiger partial charge in [-0.1, -0.05) is 0 Å². The van der Waals surface area contributed by atoms with E-state index in [1.54, 1.807) is 0 Å². The maximum Gasteiger partial charge on any atom is 0.330 e. The van der Waals surface area contributed by atoms with Crippen LogP contribution in [0.3, 0.4) is 0 Å². The van der Waals surface area contributed by atoms with Gasteiger partial charge in [0.05, 0.1) is 25.7 Å². The quantitative estimate of drug-likeness (QED) is 0.539. The number of nitrogens with zero attached hydrogens (tertiary/aromatic N) is 2. The third-order valence-corrected chi connectivity index (χ3v) is 3.14. The Hall–Kier alpha value is -1.99. The second kappa shape index (κ2) is 6.64. The van der Waals surface area contributed by atoms with Crippen LogP contribution in [0.15, 0.2) is 21.9 Å². The Morgan fingerprint density at radius 2 is 2.29 bits per heavy atom. The fraction of sp³-hybridized carbons (Fsp3) is 0.583. The van der Waals surface area contributed by atoms with Gasteiger partial charge in [0.1, 0.15) is 18.3 Å². The van der Waals surface area contributed by atoms with Gasteiger partial charge in [0.15, 0.2) is 6.23 Å². The highest BCUT2D eigenvalue weighted by atomic mass is 16.6. The molecule has 0 saturated carbocycles. The summed E-state index contributed by atoms with van der Waals surface area (Å²) in [6, 6.07) is 3.01. The normalized spacial score (nSPS) is 28.4. The molecule has 1 aliphatic rings. The molecule has 0 spiro atoms. The summed E-state index contributed by atoms with van der Waals surface area (Å²) in [6.45, 7) is -0.339. The first kappa shape index (κ1) is 15.4. The minimum Gasteiger partial charge on any atom is -0.394 e. The fourth-order valence-electron chi connectivity index (χ4n) is 2.17. The predicted octanol–water partition coefficient (Wildman–Crippen LogP) is -1.91. The SMILES string of the molecule is N#CCCOC1[C@@H](CO)O[C@@H](n2ccc(=O)[nH]c2=O)[C@H]1O. The van der Waals surface area contributed by atoms with Gasteiger partial charge >= 0.3 is 5.69 Å². The molecule has 0 aromatic carbocycles. The van der Waals surface area contributed by atoms with E-state index in [0.29, 0.717) is 0 Å². The van der Waals surface area contributed by atoms with E-state index in [0.717, 1.165) is 10.6 Å². The molecule has 1 saturated heterocycles. The number of rotatable bonds is 5. The Balaban J connectivity index is 2.20. The lowest BCUT2D eigenvalue weighted by Crippen LogP contribution is -2.39. The molecule has 0 aliphatic carbocycles. The number of H-pyrrole nitrogens is 1. The Morgan fingerprint density at radius 3 is 2.90 bits per heavy atom. The molecule has 1 unspecified atom stereocenters. The standard InChI is InChI=1S/C12H15N3O6/c13-3-1-5-20-10-7(6-16)21-11(9(10)18)15-4-2-8(17)14-12(15)19/h2,4,7,9-11,16,18H,1,5-6H2,(H,14,17,19)/t7-,9+,10?,11-/m1/s1. The van der Waals surface area contributed by atoms with Crippen LogP contribution in [0.2, 0.25) is 0 Å². The van der Waals surface area contributed by atoms with Gasteiger partial charge in [-0.25, -0.2) is 4.79 Å². The predicted molar refractivity (Wildman–Crippen MR) is 68.3 cm³/mol. The van der Waals surface area contributed by atoms with Crippen LogP contribution in [-0.2, 0) is 9.47 Å². The summed E-state index contributed by atoms with van der Waals surface area (Å²) in [7, 11) is 0. The van der Waals surface area contributed by atoms with Crippen molar-refractivity contribution in [3.05, 3.63) is 33.1 Å². The minimum absolute atomic E-state index is 0.0747. The van der Waals surface area contributed by atoms with Crippen molar-refractivity contribution in [2.75, 3.05) is 13.2 Å². The average Bonchev–Trinajstić information content (AvgIpc) is 2.76. The van der Waals surface area contributed by atoms with Crippen molar-refractivity contribution >= 4 is 0 Å². The third-order valence-electron chi connectivity index (χ3n) is 3.14. The first-order chi connectivity index (χ1) is 10.1. The summed E-state index contributed by atoms with van der Waals surface area (Å²) < 4.78 is 11.8. The molecule has 4 atom stereocenters. The van der Waals surface area contributed by atoms with Gasteiger partial charge in [0.25, 0.3) is 5.56 Å². The molecule has 9 nitrogen and oxygen atoms in total. The Labute approximate surface area is 119 Å². The molecule has 9 heteroatoms. The van der Waals surface area contributed by atoms with Gasteiger partial charge < -0.3 is 19.7 Å². The summed E-state index contributed by atoms with van der Waals surface area (Å²) in [5.41, 5.74) is -1.30. The molecule has 1 fully saturated rings. The maximum atomic E-state index is 11.7. The largest absolute Gasteiger partial charge is 0.394 e. The van der Waals surface area contributed by atoms with Crippen LogP contribution in [0, 0.1) is 11.3 Å². The van der Waals surface area contributed by atoms with Crippen LogP contribution >= 0.6 is 0 Å². The minimum atomic E-state index is -1.22. The number of aliphatic hydroxyl groups is 2. The van der Waals surface area contributed by atoms with Gasteiger partial charge in [0, 0.05) is 12.3 Å². The molecule has 1 aromatic rings. The fourth-order valence-corrected chi connectivity index (χ4v) is 2.17. The molecular formula is C12H15N3O6. The first-order valence-corrected chi connectivity index (χ1v) is 6.33. The zero-order valence-electron chi connectivity index (χ0n) is 11.0. The van der Waals surface area contributed by atoms with E-state index < -0.39 is 42.4 Å². The molecule has 1 aromatic heterocycles. The number of aliphatic hydroxyl groups excluding tert-OH is 2. The highest BCUT2D eigenvalue weighted by Crippen LogP contribution is 2.30. The molecule has 0 radical (unpaired) electrons. The van der Waals surface area contributed by atoms with Crippen LogP contribution < -0.4 is 11.2 Å². The summed E-state index contributed by atoms with van der Waals surface area (Å²) in [6.07, 6.45) is -2.68. The second-order valence-electron chi connectivity index (χ2n) is 4.50. The topological polar surface area (TPSA) is 138 Å². The molecule has 21 heavy (non-hydrogen) atoms. The van der Waals surface area contributed by atoms with Crippen molar-refractivity contribution in [3.63, 3.8) is 0 Å². The number of aromatic nitrogens is 2. The maximum absolute atomic E-state index is 11.7. The van der Waals surface area contributed by atoms with Crippen LogP contribution in [0.1, 0.15) is 12.6 Å². The van der Waals surface area contributed by atoms with E-state index in [-0.39, 0.29) is 13.0 Å². The lowest BCUT2D eigenvalue weighted by Gasteiger charge is -2.19. The Bertz CT molecular complexity index is 633. The Kier molecular flexibility index (Phi) is 4.87. The van der Waals surface area contributed by atoms with Gasteiger partial charge in [-0.05, 0) is 0 Å². The van der Waals surface area contributed by atoms with E-state index in [1.165, 1.54) is 6.20 Å². The zero-order valence-corrected chi connectivity index (χ0v) is 11.0. The van der Waals surface area contributed by atoms with Crippen molar-refractivity contribution in [2.45, 2.75) is 31.0 Å². The monoisotopic (exact) mass is 297 g/mol. The van der Waals surface area contributed by atoms with Crippen molar-refractivity contribution in [1.82, 2.24) is 9.55 Å². The highest BCUT2D eigenvalue weighted by Gasteiger charge is 2.45. The molecule has 2 heterocycles. The van der Waals surface area contributed by atoms with Crippen LogP contribution in [-0.4, -0.2) is 51.3 Å². The van der Waals surface area contributed by atoms with Crippen LogP contribution in [0.25, 0.3) is 0 Å². The number of hydrogen-bond acceptors (Lipinski definition) is 7. The molecule has 0 amide bonds. The van der Waals surface area contributed by atoms with Crippen LogP contribution in [0.5, 0.6) is 0 Å². The third kappa shape index (κ3) is 3.20. The molecule has 0 bridgehead atoms. The van der Waals surface area contributed by atoms with Crippen LogP contribution in [0.4, 0.5) is 0 Å². The summed E-state index contributed by atoms with van der Waals surface area (Å²) in [5.74, 6) is 0. The van der Waals surface area contributed by atoms with Crippen molar-refractivity contribution < 1.29 is 19.7 Å². The van der Waals surface area contributed by atoms with Gasteiger partial charge in [0.2, 0.25) is 0 Å². The van der Waals surface area contributed by atoms with E-state index >= 15 is 0 Å². The summed E-state index contributed by atoms with van der Waals surface area (Å²) >= 11 is 0. The lowest BCUT2D eigenvalue weighted by atomic mass is 10.1. The zero-order chi connectivity index (χ0) is 15.4. The molecule has 1 aliphatic heterocycles. The lowest BCUT2D eigenvalue weighted by molar-refractivity contribution is -0.0615. The number of aromatic amines is 1. The molecular weight excluding hydrogens is 282 g/mol. The number of hydrogen-bond donors (Lipinski definition) is 3. The first-order valence-electron chi connectivity index (χ1n) is 6.33. The second-order valence-corrected chi connectivity index (χ2v) is 4.50. The summed E-state index contributed by atoms with van der Waals surface area (Å²) in [4.78, 5) is 24.8. The van der Waals surface area contributed by atoms with Gasteiger partial charge in [-0.3, -0.25) is 14.3 Å². The number of nitriles is 1. The van der Waals surface area contributed by atoms with Crippen molar-refractivity contribution in [1.29, 1.82) is 5.26 Å². The van der Waals surface area contributed by atoms with E-state index in [2.05, 4.69) is 4.98 Å². The molecule has 114 valence electrons. The Morgan fingerprint density at radius 1 is 1.52 bits per heavy atom. The number of nitrogens with one attached hydrogen (secondary N) is 1. The van der Waals surface area contributed by atoms with Crippen molar-refractivity contribution in [2.24, 2.45) is 0 Å². The molecule has 2 rings (SSSR count). The van der Waals surface area contributed by atoms with E-state index in [9.17, 15) is 19.8 Å². The summed E-state index contributed by atoms with van der Waals surface area (Å²) in [5, 5.41) is 27.9. The number of ether oxygens (including phenoxy) is 2. The average molecular weight is 297 g/mol. The highest BCUT2D eigenvalue weighted by molar-refractivity contribution is 4.94. The molecule has 3 N–H and O–H groups in total. The van der Waals surface area contributed by atoms with E-state index in [4.69, 9.17) is 14.7 Å². The smallest absolute Gasteiger partial charge is 0.330 e. The van der Waals surface area contributed by atoms with Crippen molar-refractivity contribution in [3.8, 4) is 6.07 Å². The van der Waals surface area contributed by atoms with Gasteiger partial charge in [-0.15, -0.1) is 0 Å². The van der Waals surface area contributed by atoms with E-state index in [1.807, 2.05) is 6.07 Å².